The van der Waals surface area contributed by atoms with Crippen LogP contribution in [0.25, 0.3) is 6.08 Å². The van der Waals surface area contributed by atoms with E-state index in [2.05, 4.69) is 0 Å². The van der Waals surface area contributed by atoms with Gasteiger partial charge in [-0.15, -0.1) is 0 Å². The van der Waals surface area contributed by atoms with E-state index in [9.17, 15) is 19.6 Å². The summed E-state index contributed by atoms with van der Waals surface area (Å²) in [6, 6.07) is 21.4. The molecular formula is C27H20N2O5. The number of nitrogens with zero attached hydrogens (tertiary/aromatic N) is 2. The molecule has 0 fully saturated rings. The lowest BCUT2D eigenvalue weighted by molar-refractivity contribution is -0.129. The number of nitriles is 1. The highest BCUT2D eigenvalue weighted by Gasteiger charge is 2.36. The molecular weight excluding hydrogens is 432 g/mol. The molecule has 0 aromatic heterocycles. The van der Waals surface area contributed by atoms with E-state index in [0.29, 0.717) is 29.0 Å². The van der Waals surface area contributed by atoms with Gasteiger partial charge in [0, 0.05) is 6.07 Å². The fourth-order valence-electron chi connectivity index (χ4n) is 3.46. The van der Waals surface area contributed by atoms with Crippen LogP contribution in [0.5, 0.6) is 11.5 Å². The molecule has 1 heterocycles. The quantitative estimate of drug-likeness (QED) is 0.168. The van der Waals surface area contributed by atoms with Crippen molar-refractivity contribution >= 4 is 29.5 Å². The second kappa shape index (κ2) is 9.84. The number of benzene rings is 3. The van der Waals surface area contributed by atoms with Gasteiger partial charge in [-0.05, 0) is 54.5 Å². The summed E-state index contributed by atoms with van der Waals surface area (Å²) < 4.78 is 10.9. The molecule has 0 atom stereocenters. The Morgan fingerprint density at radius 1 is 0.941 bits per heavy atom. The molecule has 1 aliphatic heterocycles. The largest absolute Gasteiger partial charge is 0.494 e. The Morgan fingerprint density at radius 2 is 1.62 bits per heavy atom. The first-order valence-electron chi connectivity index (χ1n) is 10.7. The summed E-state index contributed by atoms with van der Waals surface area (Å²) in [5.41, 5.74) is 1.33. The van der Waals surface area contributed by atoms with Gasteiger partial charge >= 0.3 is 5.97 Å². The maximum Gasteiger partial charge on any atom is 0.354 e. The third-order valence-electron chi connectivity index (χ3n) is 5.08. The van der Waals surface area contributed by atoms with Crippen LogP contribution in [0.15, 0.2) is 78.4 Å². The molecule has 3 aromatic rings. The molecule has 0 spiro atoms. The number of rotatable bonds is 7. The molecule has 168 valence electrons. The van der Waals surface area contributed by atoms with E-state index >= 15 is 0 Å². The van der Waals surface area contributed by atoms with Gasteiger partial charge in [-0.25, -0.2) is 9.69 Å². The molecule has 0 aliphatic carbocycles. The van der Waals surface area contributed by atoms with E-state index < -0.39 is 17.8 Å². The minimum atomic E-state index is -0.853. The minimum Gasteiger partial charge on any atom is -0.494 e. The number of imide groups is 1. The number of carbonyl (C=O) groups is 3. The average Bonchev–Trinajstić information content (AvgIpc) is 3.12. The van der Waals surface area contributed by atoms with Crippen LogP contribution in [0.3, 0.4) is 0 Å². The number of amides is 2. The lowest BCUT2D eigenvalue weighted by Crippen LogP contribution is -2.29. The molecule has 7 nitrogen and oxygen atoms in total. The second-order valence-electron chi connectivity index (χ2n) is 7.47. The lowest BCUT2D eigenvalue weighted by Gasteiger charge is -2.15. The summed E-state index contributed by atoms with van der Waals surface area (Å²) >= 11 is 0. The average molecular weight is 452 g/mol. The van der Waals surface area contributed by atoms with Crippen molar-refractivity contribution in [3.05, 3.63) is 95.1 Å². The van der Waals surface area contributed by atoms with Crippen LogP contribution in [0, 0.1) is 11.3 Å². The summed E-state index contributed by atoms with van der Waals surface area (Å²) in [7, 11) is 0. The maximum absolute atomic E-state index is 12.7. The zero-order valence-electron chi connectivity index (χ0n) is 18.4. The highest BCUT2D eigenvalue weighted by atomic mass is 16.5. The Morgan fingerprint density at radius 3 is 2.24 bits per heavy atom. The van der Waals surface area contributed by atoms with E-state index in [-0.39, 0.29) is 17.0 Å². The Bertz CT molecular complexity index is 1300. The Balaban J connectivity index is 1.51. The fraction of sp³-hybridized carbons (Fsp3) is 0.111. The van der Waals surface area contributed by atoms with Crippen molar-refractivity contribution in [3.8, 4) is 17.6 Å². The van der Waals surface area contributed by atoms with Crippen LogP contribution in [0.2, 0.25) is 0 Å². The predicted octanol–water partition coefficient (Wildman–Crippen LogP) is 4.79. The molecule has 0 N–H and O–H groups in total. The van der Waals surface area contributed by atoms with Crippen molar-refractivity contribution in [1.29, 1.82) is 5.26 Å². The van der Waals surface area contributed by atoms with Crippen molar-refractivity contribution in [2.24, 2.45) is 0 Å². The Labute approximate surface area is 196 Å². The Kier molecular flexibility index (Phi) is 6.51. The maximum atomic E-state index is 12.7. The van der Waals surface area contributed by atoms with Crippen LogP contribution in [0.4, 0.5) is 5.69 Å². The normalized spacial score (nSPS) is 12.8. The van der Waals surface area contributed by atoms with Gasteiger partial charge in [0.15, 0.2) is 0 Å². The molecule has 34 heavy (non-hydrogen) atoms. The van der Waals surface area contributed by atoms with Crippen LogP contribution in [-0.2, 0) is 4.79 Å². The van der Waals surface area contributed by atoms with Crippen molar-refractivity contribution in [1.82, 2.24) is 0 Å². The predicted molar refractivity (Wildman–Crippen MR) is 125 cm³/mol. The molecule has 0 saturated carbocycles. The summed E-state index contributed by atoms with van der Waals surface area (Å²) in [4.78, 5) is 39.1. The highest BCUT2D eigenvalue weighted by Crippen LogP contribution is 2.30. The lowest BCUT2D eigenvalue weighted by atomic mass is 10.1. The number of esters is 1. The van der Waals surface area contributed by atoms with Gasteiger partial charge in [0.2, 0.25) is 0 Å². The van der Waals surface area contributed by atoms with Crippen LogP contribution < -0.4 is 14.4 Å². The smallest absolute Gasteiger partial charge is 0.354 e. The van der Waals surface area contributed by atoms with Crippen molar-refractivity contribution in [2.75, 3.05) is 11.5 Å². The standard InChI is InChI=1S/C27H20N2O5/c1-2-14-33-21-12-10-18(11-13-21)15-19(17-28)27(32)34-22-7-5-6-20(16-22)29-25(30)23-8-3-4-9-24(23)26(29)31/h3-13,15-16H,2,14H2,1H3/b19-15+. The van der Waals surface area contributed by atoms with E-state index in [1.54, 1.807) is 60.7 Å². The van der Waals surface area contributed by atoms with Crippen LogP contribution >= 0.6 is 0 Å². The topological polar surface area (TPSA) is 96.7 Å². The molecule has 0 radical (unpaired) electrons. The number of hydrogen-bond acceptors (Lipinski definition) is 6. The summed E-state index contributed by atoms with van der Waals surface area (Å²) in [6.07, 6.45) is 2.31. The third kappa shape index (κ3) is 4.57. The van der Waals surface area contributed by atoms with Gasteiger partial charge in [-0.3, -0.25) is 9.59 Å². The summed E-state index contributed by atoms with van der Waals surface area (Å²) in [6.45, 7) is 2.61. The molecule has 3 aromatic carbocycles. The molecule has 2 amide bonds. The van der Waals surface area contributed by atoms with Crippen LogP contribution in [-0.4, -0.2) is 24.4 Å². The molecule has 0 saturated heterocycles. The summed E-state index contributed by atoms with van der Waals surface area (Å²) in [5.74, 6) is -0.956. The first kappa shape index (κ1) is 22.5. The monoisotopic (exact) mass is 452 g/mol. The van der Waals surface area contributed by atoms with E-state index in [1.165, 1.54) is 18.2 Å². The van der Waals surface area contributed by atoms with E-state index in [1.807, 2.05) is 13.0 Å². The highest BCUT2D eigenvalue weighted by molar-refractivity contribution is 6.34. The molecule has 0 bridgehead atoms. The number of fused-ring (bicyclic) bond motifs is 1. The number of anilines is 1. The Hall–Kier alpha value is -4.70. The van der Waals surface area contributed by atoms with Crippen molar-refractivity contribution in [2.45, 2.75) is 13.3 Å². The number of carbonyl (C=O) groups excluding carboxylic acids is 3. The second-order valence-corrected chi connectivity index (χ2v) is 7.47. The van der Waals surface area contributed by atoms with E-state index in [0.717, 1.165) is 11.3 Å². The van der Waals surface area contributed by atoms with Gasteiger partial charge in [0.1, 0.15) is 23.1 Å². The summed E-state index contributed by atoms with van der Waals surface area (Å²) in [5, 5.41) is 9.46. The van der Waals surface area contributed by atoms with Gasteiger partial charge in [-0.1, -0.05) is 37.3 Å². The minimum absolute atomic E-state index is 0.100. The van der Waals surface area contributed by atoms with Gasteiger partial charge in [0.05, 0.1) is 23.4 Å². The molecule has 7 heteroatoms. The zero-order valence-corrected chi connectivity index (χ0v) is 18.4. The SMILES string of the molecule is CCCOc1ccc(/C=C(\C#N)C(=O)Oc2cccc(N3C(=O)c4ccccc4C3=O)c2)cc1. The number of ether oxygens (including phenoxy) is 2. The zero-order chi connectivity index (χ0) is 24.1. The van der Waals surface area contributed by atoms with Crippen LogP contribution in [0.1, 0.15) is 39.6 Å². The van der Waals surface area contributed by atoms with Gasteiger partial charge in [0.25, 0.3) is 11.8 Å². The fourth-order valence-corrected chi connectivity index (χ4v) is 3.46. The molecule has 1 aliphatic rings. The third-order valence-corrected chi connectivity index (χ3v) is 5.08. The molecule has 0 unspecified atom stereocenters. The van der Waals surface area contributed by atoms with Gasteiger partial charge < -0.3 is 9.47 Å². The first-order valence-corrected chi connectivity index (χ1v) is 10.7. The number of hydrogen-bond donors (Lipinski definition) is 0. The van der Waals surface area contributed by atoms with Crippen molar-refractivity contribution < 1.29 is 23.9 Å². The van der Waals surface area contributed by atoms with Gasteiger partial charge in [-0.2, -0.15) is 5.26 Å². The molecule has 4 rings (SSSR count). The van der Waals surface area contributed by atoms with Crippen molar-refractivity contribution in [3.63, 3.8) is 0 Å². The van der Waals surface area contributed by atoms with E-state index in [4.69, 9.17) is 9.47 Å². The first-order chi connectivity index (χ1) is 16.5.